The fraction of sp³-hybridized carbons (Fsp3) is 0.571. The minimum atomic E-state index is -3.59. The van der Waals surface area contributed by atoms with Gasteiger partial charge in [0, 0.05) is 31.3 Å². The van der Waals surface area contributed by atoms with Gasteiger partial charge in [0.15, 0.2) is 9.84 Å². The average Bonchev–Trinajstić information content (AvgIpc) is 2.87. The van der Waals surface area contributed by atoms with Gasteiger partial charge in [0.2, 0.25) is 10.2 Å². The molecule has 2 aliphatic rings. The first kappa shape index (κ1) is 16.6. The number of aromatic nitrogens is 2. The molecule has 1 aromatic heterocycles. The second kappa shape index (κ2) is 6.01. The van der Waals surface area contributed by atoms with Gasteiger partial charge in [0.1, 0.15) is 11.5 Å². The summed E-state index contributed by atoms with van der Waals surface area (Å²) >= 11 is 6.07. The molecule has 1 saturated heterocycles. The first-order valence-electron chi connectivity index (χ1n) is 7.23. The lowest BCUT2D eigenvalue weighted by molar-refractivity contribution is 0.0288. The van der Waals surface area contributed by atoms with Gasteiger partial charge in [0.25, 0.3) is 0 Å². The molecule has 1 fully saturated rings. The third-order valence-corrected chi connectivity index (χ3v) is 5.94. The van der Waals surface area contributed by atoms with Crippen molar-refractivity contribution >= 4 is 27.3 Å². The summed E-state index contributed by atoms with van der Waals surface area (Å²) in [6, 6.07) is 0. The second-order valence-corrected chi connectivity index (χ2v) is 8.09. The predicted molar refractivity (Wildman–Crippen MR) is 86.2 cm³/mol. The van der Waals surface area contributed by atoms with Crippen molar-refractivity contribution in [1.82, 2.24) is 9.97 Å². The molecule has 7 nitrogen and oxygen atoms in total. The Morgan fingerprint density at radius 1 is 1.39 bits per heavy atom. The molecule has 0 aliphatic carbocycles. The number of halogens is 1. The Bertz CT molecular complexity index is 734. The summed E-state index contributed by atoms with van der Waals surface area (Å²) in [7, 11) is -3.59. The largest absolute Gasteiger partial charge is 0.378 e. The van der Waals surface area contributed by atoms with E-state index < -0.39 is 14.8 Å². The van der Waals surface area contributed by atoms with Crippen molar-refractivity contribution in [2.75, 3.05) is 37.5 Å². The summed E-state index contributed by atoms with van der Waals surface area (Å²) in [5.41, 5.74) is 0.991. The molecule has 0 amide bonds. The Kier molecular flexibility index (Phi) is 4.35. The van der Waals surface area contributed by atoms with Crippen LogP contribution < -0.4 is 4.90 Å². The summed E-state index contributed by atoms with van der Waals surface area (Å²) in [6.07, 6.45) is 2.76. The van der Waals surface area contributed by atoms with Crippen LogP contribution in [0.5, 0.6) is 0 Å². The standard InChI is InChI=1S/C14H18ClN3O4S/c1-3-4-14(23(2,19)20)11-10(9-22-14)12(17-13(15)16-11)18-5-7-21-8-6-18/h3H,1,4-9H2,2H3. The van der Waals surface area contributed by atoms with Crippen LogP contribution in [-0.4, -0.2) is 50.9 Å². The normalized spacial score (nSPS) is 24.5. The number of morpholine rings is 1. The van der Waals surface area contributed by atoms with Crippen molar-refractivity contribution in [3.8, 4) is 0 Å². The molecule has 3 rings (SSSR count). The lowest BCUT2D eigenvalue weighted by atomic mass is 10.1. The van der Waals surface area contributed by atoms with Crippen LogP contribution in [0, 0.1) is 0 Å². The van der Waals surface area contributed by atoms with E-state index in [4.69, 9.17) is 21.1 Å². The zero-order chi connectivity index (χ0) is 16.7. The Morgan fingerprint density at radius 3 is 2.70 bits per heavy atom. The number of anilines is 1. The van der Waals surface area contributed by atoms with E-state index in [0.717, 1.165) is 6.26 Å². The number of nitrogens with zero attached hydrogens (tertiary/aromatic N) is 3. The van der Waals surface area contributed by atoms with E-state index in [2.05, 4.69) is 16.5 Å². The van der Waals surface area contributed by atoms with Gasteiger partial charge in [-0.05, 0) is 11.6 Å². The lowest BCUT2D eigenvalue weighted by Crippen LogP contribution is -2.38. The Morgan fingerprint density at radius 2 is 2.09 bits per heavy atom. The zero-order valence-corrected chi connectivity index (χ0v) is 14.4. The molecule has 0 bridgehead atoms. The number of fused-ring (bicyclic) bond motifs is 1. The second-order valence-electron chi connectivity index (χ2n) is 5.55. The van der Waals surface area contributed by atoms with Crippen molar-refractivity contribution in [2.24, 2.45) is 0 Å². The molecule has 0 N–H and O–H groups in total. The molecule has 0 aromatic carbocycles. The van der Waals surface area contributed by atoms with Crippen molar-refractivity contribution in [2.45, 2.75) is 18.0 Å². The predicted octanol–water partition coefficient (Wildman–Crippen LogP) is 1.27. The average molecular weight is 360 g/mol. The Hall–Kier alpha value is -1.22. The lowest BCUT2D eigenvalue weighted by Gasteiger charge is -2.29. The van der Waals surface area contributed by atoms with Gasteiger partial charge in [-0.15, -0.1) is 6.58 Å². The quantitative estimate of drug-likeness (QED) is 0.591. The van der Waals surface area contributed by atoms with Gasteiger partial charge in [-0.3, -0.25) is 0 Å². The van der Waals surface area contributed by atoms with Crippen LogP contribution in [0.15, 0.2) is 12.7 Å². The van der Waals surface area contributed by atoms with E-state index in [-0.39, 0.29) is 18.3 Å². The van der Waals surface area contributed by atoms with Gasteiger partial charge in [-0.2, -0.15) is 0 Å². The minimum Gasteiger partial charge on any atom is -0.378 e. The third-order valence-electron chi connectivity index (χ3n) is 4.09. The number of sulfone groups is 1. The van der Waals surface area contributed by atoms with Crippen LogP contribution in [0.1, 0.15) is 17.7 Å². The fourth-order valence-corrected chi connectivity index (χ4v) is 4.35. The van der Waals surface area contributed by atoms with Gasteiger partial charge < -0.3 is 14.4 Å². The summed E-state index contributed by atoms with van der Waals surface area (Å²) in [5.74, 6) is 0.623. The number of hydrogen-bond acceptors (Lipinski definition) is 7. The molecule has 0 spiro atoms. The van der Waals surface area contributed by atoms with E-state index in [0.29, 0.717) is 43.4 Å². The molecular weight excluding hydrogens is 342 g/mol. The fourth-order valence-electron chi connectivity index (χ4n) is 2.97. The highest BCUT2D eigenvalue weighted by Gasteiger charge is 2.51. The molecule has 1 atom stereocenters. The summed E-state index contributed by atoms with van der Waals surface area (Å²) in [4.78, 5) is 8.97. The molecule has 1 unspecified atom stereocenters. The maximum Gasteiger partial charge on any atom is 0.224 e. The minimum absolute atomic E-state index is 0.00725. The van der Waals surface area contributed by atoms with Gasteiger partial charge in [0.05, 0.1) is 19.8 Å². The highest BCUT2D eigenvalue weighted by molar-refractivity contribution is 7.91. The number of hydrogen-bond donors (Lipinski definition) is 0. The molecule has 126 valence electrons. The van der Waals surface area contributed by atoms with Crippen molar-refractivity contribution in [3.63, 3.8) is 0 Å². The van der Waals surface area contributed by atoms with Crippen LogP contribution in [0.3, 0.4) is 0 Å². The summed E-state index contributed by atoms with van der Waals surface area (Å²) in [5, 5.41) is 0.00725. The Labute approximate surface area is 140 Å². The van der Waals surface area contributed by atoms with E-state index in [1.54, 1.807) is 0 Å². The smallest absolute Gasteiger partial charge is 0.224 e. The zero-order valence-electron chi connectivity index (χ0n) is 12.8. The van der Waals surface area contributed by atoms with Crippen LogP contribution in [-0.2, 0) is 30.9 Å². The van der Waals surface area contributed by atoms with Crippen molar-refractivity contribution in [1.29, 1.82) is 0 Å². The Balaban J connectivity index is 2.16. The van der Waals surface area contributed by atoms with E-state index in [9.17, 15) is 8.42 Å². The number of rotatable bonds is 4. The van der Waals surface area contributed by atoms with Gasteiger partial charge in [-0.25, -0.2) is 18.4 Å². The van der Waals surface area contributed by atoms with Crippen molar-refractivity contribution < 1.29 is 17.9 Å². The SMILES string of the molecule is C=CCC1(S(C)(=O)=O)OCc2c(N3CCOCC3)nc(Cl)nc21. The van der Waals surface area contributed by atoms with E-state index in [1.165, 1.54) is 6.08 Å². The van der Waals surface area contributed by atoms with Crippen LogP contribution in [0.4, 0.5) is 5.82 Å². The van der Waals surface area contributed by atoms with Gasteiger partial charge >= 0.3 is 0 Å². The maximum atomic E-state index is 12.4. The topological polar surface area (TPSA) is 81.6 Å². The van der Waals surface area contributed by atoms with Crippen molar-refractivity contribution in [3.05, 3.63) is 29.2 Å². The summed E-state index contributed by atoms with van der Waals surface area (Å²) < 4.78 is 35.9. The monoisotopic (exact) mass is 359 g/mol. The molecule has 2 aliphatic heterocycles. The van der Waals surface area contributed by atoms with E-state index in [1.807, 2.05) is 4.90 Å². The van der Waals surface area contributed by atoms with Crippen LogP contribution in [0.2, 0.25) is 5.28 Å². The first-order chi connectivity index (χ1) is 10.9. The maximum absolute atomic E-state index is 12.4. The van der Waals surface area contributed by atoms with Gasteiger partial charge in [-0.1, -0.05) is 6.08 Å². The molecule has 1 aromatic rings. The highest BCUT2D eigenvalue weighted by atomic mass is 35.5. The highest BCUT2D eigenvalue weighted by Crippen LogP contribution is 2.45. The van der Waals surface area contributed by atoms with Crippen LogP contribution in [0.25, 0.3) is 0 Å². The molecule has 23 heavy (non-hydrogen) atoms. The van der Waals surface area contributed by atoms with Crippen LogP contribution >= 0.6 is 11.6 Å². The molecular formula is C14H18ClN3O4S. The van der Waals surface area contributed by atoms with E-state index >= 15 is 0 Å². The summed E-state index contributed by atoms with van der Waals surface area (Å²) in [6.45, 7) is 6.26. The third kappa shape index (κ3) is 2.73. The molecule has 0 radical (unpaired) electrons. The molecule has 9 heteroatoms. The first-order valence-corrected chi connectivity index (χ1v) is 9.50. The molecule has 3 heterocycles. The molecule has 0 saturated carbocycles. The number of ether oxygens (including phenoxy) is 2.